The van der Waals surface area contributed by atoms with Gasteiger partial charge >= 0.3 is 0 Å². The van der Waals surface area contributed by atoms with Gasteiger partial charge in [-0.15, -0.1) is 12.4 Å². The molecular formula is C11H23ClN2O2. The van der Waals surface area contributed by atoms with Gasteiger partial charge in [0, 0.05) is 31.7 Å². The zero-order valence-corrected chi connectivity index (χ0v) is 10.9. The topological polar surface area (TPSA) is 64.3 Å². The van der Waals surface area contributed by atoms with Crippen molar-refractivity contribution < 1.29 is 9.53 Å². The highest BCUT2D eigenvalue weighted by molar-refractivity contribution is 5.85. The molecule has 4 nitrogen and oxygen atoms in total. The van der Waals surface area contributed by atoms with E-state index in [0.717, 1.165) is 26.1 Å². The number of ether oxygens (including phenoxy) is 1. The van der Waals surface area contributed by atoms with Crippen molar-refractivity contribution in [2.45, 2.75) is 38.6 Å². The second-order valence-corrected chi connectivity index (χ2v) is 4.90. The molecule has 3 N–H and O–H groups in total. The largest absolute Gasteiger partial charge is 0.381 e. The first-order valence-corrected chi connectivity index (χ1v) is 5.62. The zero-order chi connectivity index (χ0) is 11.3. The number of amides is 1. The van der Waals surface area contributed by atoms with Crippen molar-refractivity contribution >= 4 is 18.3 Å². The number of carbonyl (C=O) groups is 1. The molecule has 1 fully saturated rings. The minimum Gasteiger partial charge on any atom is -0.381 e. The fraction of sp³-hybridized carbons (Fsp3) is 0.909. The van der Waals surface area contributed by atoms with Crippen LogP contribution in [0.15, 0.2) is 0 Å². The van der Waals surface area contributed by atoms with Crippen LogP contribution in [-0.4, -0.2) is 31.2 Å². The van der Waals surface area contributed by atoms with E-state index in [4.69, 9.17) is 10.5 Å². The van der Waals surface area contributed by atoms with Crippen molar-refractivity contribution in [3.63, 3.8) is 0 Å². The summed E-state index contributed by atoms with van der Waals surface area (Å²) in [5.41, 5.74) is 5.25. The van der Waals surface area contributed by atoms with Gasteiger partial charge in [0.25, 0.3) is 0 Å². The zero-order valence-electron chi connectivity index (χ0n) is 10.1. The van der Waals surface area contributed by atoms with Crippen molar-refractivity contribution in [3.8, 4) is 0 Å². The van der Waals surface area contributed by atoms with E-state index in [-0.39, 0.29) is 23.9 Å². The van der Waals surface area contributed by atoms with Gasteiger partial charge in [-0.3, -0.25) is 4.79 Å². The van der Waals surface area contributed by atoms with Crippen molar-refractivity contribution in [2.24, 2.45) is 11.7 Å². The highest BCUT2D eigenvalue weighted by atomic mass is 35.5. The predicted molar refractivity (Wildman–Crippen MR) is 66.7 cm³/mol. The molecule has 0 bridgehead atoms. The number of nitrogens with two attached hydrogens (primary N) is 1. The number of hydrogen-bond acceptors (Lipinski definition) is 3. The van der Waals surface area contributed by atoms with Gasteiger partial charge in [0.2, 0.25) is 5.91 Å². The van der Waals surface area contributed by atoms with Crippen LogP contribution in [0.2, 0.25) is 0 Å². The predicted octanol–water partition coefficient (Wildman–Crippen LogP) is 1.08. The van der Waals surface area contributed by atoms with E-state index in [2.05, 4.69) is 5.32 Å². The summed E-state index contributed by atoms with van der Waals surface area (Å²) in [6, 6.07) is 0. The van der Waals surface area contributed by atoms with Crippen LogP contribution in [0.25, 0.3) is 0 Å². The lowest BCUT2D eigenvalue weighted by Crippen LogP contribution is -2.48. The Morgan fingerprint density at radius 3 is 2.75 bits per heavy atom. The van der Waals surface area contributed by atoms with Gasteiger partial charge in [-0.1, -0.05) is 0 Å². The number of hydrogen-bond donors (Lipinski definition) is 2. The fourth-order valence-corrected chi connectivity index (χ4v) is 1.64. The molecule has 0 aromatic rings. The molecule has 5 heteroatoms. The smallest absolute Gasteiger partial charge is 0.220 e. The van der Waals surface area contributed by atoms with Crippen molar-refractivity contribution in [2.75, 3.05) is 19.8 Å². The Labute approximate surface area is 104 Å². The van der Waals surface area contributed by atoms with Gasteiger partial charge < -0.3 is 15.8 Å². The normalized spacial score (nSPS) is 20.3. The molecule has 1 saturated heterocycles. The molecule has 1 atom stereocenters. The Morgan fingerprint density at radius 1 is 1.56 bits per heavy atom. The van der Waals surface area contributed by atoms with E-state index in [0.29, 0.717) is 18.9 Å². The van der Waals surface area contributed by atoms with Crippen molar-refractivity contribution in [3.05, 3.63) is 0 Å². The maximum atomic E-state index is 11.6. The Balaban J connectivity index is 0.00000225. The molecule has 0 aromatic heterocycles. The van der Waals surface area contributed by atoms with Crippen molar-refractivity contribution in [1.29, 1.82) is 0 Å². The summed E-state index contributed by atoms with van der Waals surface area (Å²) >= 11 is 0. The molecule has 1 unspecified atom stereocenters. The molecule has 1 aliphatic rings. The van der Waals surface area contributed by atoms with Crippen LogP contribution < -0.4 is 11.1 Å². The van der Waals surface area contributed by atoms with E-state index in [1.54, 1.807) is 0 Å². The Morgan fingerprint density at radius 2 is 2.25 bits per heavy atom. The van der Waals surface area contributed by atoms with E-state index < -0.39 is 0 Å². The van der Waals surface area contributed by atoms with Gasteiger partial charge in [-0.2, -0.15) is 0 Å². The molecule has 1 rings (SSSR count). The highest BCUT2D eigenvalue weighted by Gasteiger charge is 2.20. The first-order valence-electron chi connectivity index (χ1n) is 5.62. The van der Waals surface area contributed by atoms with Gasteiger partial charge in [0.05, 0.1) is 0 Å². The molecule has 16 heavy (non-hydrogen) atoms. The molecule has 0 aliphatic carbocycles. The summed E-state index contributed by atoms with van der Waals surface area (Å²) in [5.74, 6) is 0.661. The Bertz CT molecular complexity index is 216. The maximum absolute atomic E-state index is 11.6. The van der Waals surface area contributed by atoms with Crippen LogP contribution >= 0.6 is 12.4 Å². The summed E-state index contributed by atoms with van der Waals surface area (Å²) in [5, 5.41) is 2.93. The number of halogens is 1. The third kappa shape index (κ3) is 5.68. The first-order chi connectivity index (χ1) is 7.03. The molecule has 0 radical (unpaired) electrons. The highest BCUT2D eigenvalue weighted by Crippen LogP contribution is 2.17. The second-order valence-electron chi connectivity index (χ2n) is 4.90. The summed E-state index contributed by atoms with van der Waals surface area (Å²) in [6.45, 7) is 5.99. The average molecular weight is 251 g/mol. The molecule has 0 aromatic carbocycles. The maximum Gasteiger partial charge on any atom is 0.220 e. The van der Waals surface area contributed by atoms with Gasteiger partial charge in [0.1, 0.15) is 0 Å². The van der Waals surface area contributed by atoms with Crippen LogP contribution in [0.1, 0.15) is 33.1 Å². The Kier molecular flexibility index (Phi) is 6.95. The average Bonchev–Trinajstić information content (AvgIpc) is 2.66. The number of nitrogens with one attached hydrogen (secondary N) is 1. The monoisotopic (exact) mass is 250 g/mol. The lowest BCUT2D eigenvalue weighted by atomic mass is 10.0. The molecule has 0 saturated carbocycles. The van der Waals surface area contributed by atoms with E-state index in [9.17, 15) is 4.79 Å². The third-order valence-electron chi connectivity index (χ3n) is 2.79. The summed E-state index contributed by atoms with van der Waals surface area (Å²) < 4.78 is 5.26. The van der Waals surface area contributed by atoms with Crippen LogP contribution in [-0.2, 0) is 9.53 Å². The van der Waals surface area contributed by atoms with Gasteiger partial charge in [0.15, 0.2) is 0 Å². The van der Waals surface area contributed by atoms with E-state index in [1.165, 1.54) is 0 Å². The second kappa shape index (κ2) is 7.09. The SMILES string of the molecule is CC(C)(CN)NC(=O)CCC1CCOC1.Cl. The van der Waals surface area contributed by atoms with Gasteiger partial charge in [-0.05, 0) is 32.6 Å². The first kappa shape index (κ1) is 15.7. The molecule has 1 amide bonds. The molecule has 96 valence electrons. The lowest BCUT2D eigenvalue weighted by molar-refractivity contribution is -0.122. The quantitative estimate of drug-likeness (QED) is 0.768. The third-order valence-corrected chi connectivity index (χ3v) is 2.79. The van der Waals surface area contributed by atoms with Crippen LogP contribution in [0, 0.1) is 5.92 Å². The van der Waals surface area contributed by atoms with Crippen molar-refractivity contribution in [1.82, 2.24) is 5.32 Å². The summed E-state index contributed by atoms with van der Waals surface area (Å²) in [4.78, 5) is 11.6. The summed E-state index contributed by atoms with van der Waals surface area (Å²) in [7, 11) is 0. The minimum absolute atomic E-state index is 0. The van der Waals surface area contributed by atoms with Gasteiger partial charge in [-0.25, -0.2) is 0 Å². The van der Waals surface area contributed by atoms with E-state index in [1.807, 2.05) is 13.8 Å². The van der Waals surface area contributed by atoms with Crippen LogP contribution in [0.5, 0.6) is 0 Å². The molecule has 0 spiro atoms. The standard InChI is InChI=1S/C11H22N2O2.ClH/c1-11(2,8-12)13-10(14)4-3-9-5-6-15-7-9;/h9H,3-8,12H2,1-2H3,(H,13,14);1H. The molecule has 1 aliphatic heterocycles. The Hall–Kier alpha value is -0.320. The summed E-state index contributed by atoms with van der Waals surface area (Å²) in [6.07, 6.45) is 2.59. The lowest BCUT2D eigenvalue weighted by Gasteiger charge is -2.24. The molecule has 1 heterocycles. The molecular weight excluding hydrogens is 228 g/mol. The number of rotatable bonds is 5. The van der Waals surface area contributed by atoms with Crippen LogP contribution in [0.4, 0.5) is 0 Å². The number of carbonyl (C=O) groups excluding carboxylic acids is 1. The van der Waals surface area contributed by atoms with E-state index >= 15 is 0 Å². The minimum atomic E-state index is -0.288. The van der Waals surface area contributed by atoms with Crippen LogP contribution in [0.3, 0.4) is 0 Å². The fourth-order valence-electron chi connectivity index (χ4n) is 1.64.